The maximum absolute atomic E-state index is 13.6. The highest BCUT2D eigenvalue weighted by Crippen LogP contribution is 2.28. The van der Waals surface area contributed by atoms with E-state index in [0.717, 1.165) is 12.1 Å². The summed E-state index contributed by atoms with van der Waals surface area (Å²) in [6.45, 7) is 1.49. The van der Waals surface area contributed by atoms with E-state index in [1.165, 1.54) is 25.1 Å². The normalized spacial score (nSPS) is 10.6. The van der Waals surface area contributed by atoms with Crippen LogP contribution in [-0.2, 0) is 0 Å². The van der Waals surface area contributed by atoms with Crippen LogP contribution >= 0.6 is 0 Å². The summed E-state index contributed by atoms with van der Waals surface area (Å²) in [7, 11) is 0. The second-order valence-corrected chi connectivity index (χ2v) is 3.82. The van der Waals surface area contributed by atoms with Crippen LogP contribution in [0.3, 0.4) is 0 Å². The van der Waals surface area contributed by atoms with Crippen molar-refractivity contribution in [3.8, 4) is 11.1 Å². The molecule has 0 spiro atoms. The van der Waals surface area contributed by atoms with Gasteiger partial charge in [0.05, 0.1) is 0 Å². The molecule has 0 radical (unpaired) electrons. The predicted octanol–water partition coefficient (Wildman–Crippen LogP) is 3.66. The summed E-state index contributed by atoms with van der Waals surface area (Å²) in [4.78, 5) is 0. The Morgan fingerprint density at radius 3 is 2.12 bits per heavy atom. The summed E-state index contributed by atoms with van der Waals surface area (Å²) in [6, 6.07) is 5.98. The van der Waals surface area contributed by atoms with Crippen LogP contribution in [0, 0.1) is 24.4 Å². The molecule has 1 nitrogen and oxygen atoms in total. The Morgan fingerprint density at radius 1 is 0.824 bits per heavy atom. The van der Waals surface area contributed by atoms with Crippen LogP contribution in [0.25, 0.3) is 11.1 Å². The minimum Gasteiger partial charge on any atom is -0.399 e. The molecule has 0 bridgehead atoms. The van der Waals surface area contributed by atoms with Gasteiger partial charge in [0.1, 0.15) is 17.5 Å². The number of aryl methyl sites for hydroxylation is 1. The zero-order valence-corrected chi connectivity index (χ0v) is 9.10. The van der Waals surface area contributed by atoms with Crippen molar-refractivity contribution in [2.75, 3.05) is 5.73 Å². The standard InChI is InChI=1S/C13H10F3N/c1-7-4-10(13(16)6-11(7)14)9-3-2-8(17)5-12(9)15/h2-6H,17H2,1H3. The van der Waals surface area contributed by atoms with E-state index in [4.69, 9.17) is 5.73 Å². The minimum atomic E-state index is -0.795. The van der Waals surface area contributed by atoms with Crippen LogP contribution in [0.15, 0.2) is 30.3 Å². The van der Waals surface area contributed by atoms with Crippen molar-refractivity contribution in [1.82, 2.24) is 0 Å². The molecular formula is C13H10F3N. The van der Waals surface area contributed by atoms with Gasteiger partial charge in [-0.05, 0) is 36.8 Å². The summed E-state index contributed by atoms with van der Waals surface area (Å²) in [5.41, 5.74) is 6.02. The lowest BCUT2D eigenvalue weighted by Gasteiger charge is -2.07. The summed E-state index contributed by atoms with van der Waals surface area (Å²) in [5, 5.41) is 0. The van der Waals surface area contributed by atoms with Crippen LogP contribution in [0.5, 0.6) is 0 Å². The molecule has 0 aliphatic rings. The third kappa shape index (κ3) is 2.11. The van der Waals surface area contributed by atoms with Crippen molar-refractivity contribution in [2.24, 2.45) is 0 Å². The Bertz CT molecular complexity index is 579. The number of benzene rings is 2. The minimum absolute atomic E-state index is 0.0291. The number of nitrogen functional groups attached to an aromatic ring is 1. The first kappa shape index (κ1) is 11.5. The molecule has 0 aliphatic heterocycles. The van der Waals surface area contributed by atoms with Gasteiger partial charge in [-0.25, -0.2) is 13.2 Å². The molecule has 0 saturated heterocycles. The van der Waals surface area contributed by atoms with E-state index in [9.17, 15) is 13.2 Å². The summed E-state index contributed by atoms with van der Waals surface area (Å²) in [5.74, 6) is -2.08. The molecule has 17 heavy (non-hydrogen) atoms. The lowest BCUT2D eigenvalue weighted by molar-refractivity contribution is 0.577. The molecule has 0 atom stereocenters. The van der Waals surface area contributed by atoms with Gasteiger partial charge >= 0.3 is 0 Å². The van der Waals surface area contributed by atoms with Crippen molar-refractivity contribution in [2.45, 2.75) is 6.92 Å². The Kier molecular flexibility index (Phi) is 2.79. The number of hydrogen-bond acceptors (Lipinski definition) is 1. The largest absolute Gasteiger partial charge is 0.399 e. The maximum atomic E-state index is 13.6. The number of anilines is 1. The lowest BCUT2D eigenvalue weighted by atomic mass is 10.0. The van der Waals surface area contributed by atoms with E-state index in [2.05, 4.69) is 0 Å². The average molecular weight is 237 g/mol. The Morgan fingerprint density at radius 2 is 1.47 bits per heavy atom. The molecule has 2 rings (SSSR count). The molecule has 0 fully saturated rings. The van der Waals surface area contributed by atoms with Crippen LogP contribution in [0.1, 0.15) is 5.56 Å². The quantitative estimate of drug-likeness (QED) is 0.752. The number of rotatable bonds is 1. The zero-order chi connectivity index (χ0) is 12.6. The topological polar surface area (TPSA) is 26.0 Å². The van der Waals surface area contributed by atoms with Gasteiger partial charge < -0.3 is 5.73 Å². The summed E-state index contributed by atoms with van der Waals surface area (Å²) < 4.78 is 40.3. The zero-order valence-electron chi connectivity index (χ0n) is 9.10. The van der Waals surface area contributed by atoms with Gasteiger partial charge in [-0.15, -0.1) is 0 Å². The molecule has 4 heteroatoms. The molecule has 0 saturated carbocycles. The summed E-state index contributed by atoms with van der Waals surface area (Å²) >= 11 is 0. The predicted molar refractivity (Wildman–Crippen MR) is 60.9 cm³/mol. The third-order valence-electron chi connectivity index (χ3n) is 2.53. The molecule has 0 aliphatic carbocycles. The SMILES string of the molecule is Cc1cc(-c2ccc(N)cc2F)c(F)cc1F. The fraction of sp³-hybridized carbons (Fsp3) is 0.0769. The van der Waals surface area contributed by atoms with E-state index in [0.29, 0.717) is 0 Å². The van der Waals surface area contributed by atoms with Crippen LogP contribution in [0.4, 0.5) is 18.9 Å². The highest BCUT2D eigenvalue weighted by molar-refractivity contribution is 5.67. The molecule has 2 aromatic rings. The van der Waals surface area contributed by atoms with Gasteiger partial charge in [0.25, 0.3) is 0 Å². The summed E-state index contributed by atoms with van der Waals surface area (Å²) in [6.07, 6.45) is 0. The van der Waals surface area contributed by atoms with Gasteiger partial charge in [0, 0.05) is 22.9 Å². The lowest BCUT2D eigenvalue weighted by Crippen LogP contribution is -1.94. The van der Waals surface area contributed by atoms with Crippen molar-refractivity contribution in [1.29, 1.82) is 0 Å². The molecule has 88 valence electrons. The molecule has 0 aromatic heterocycles. The first-order valence-corrected chi connectivity index (χ1v) is 5.00. The maximum Gasteiger partial charge on any atom is 0.134 e. The molecular weight excluding hydrogens is 227 g/mol. The molecule has 2 aromatic carbocycles. The van der Waals surface area contributed by atoms with E-state index < -0.39 is 17.5 Å². The third-order valence-corrected chi connectivity index (χ3v) is 2.53. The molecule has 0 heterocycles. The second-order valence-electron chi connectivity index (χ2n) is 3.82. The highest BCUT2D eigenvalue weighted by Gasteiger charge is 2.12. The van der Waals surface area contributed by atoms with Crippen molar-refractivity contribution in [3.05, 3.63) is 53.3 Å². The van der Waals surface area contributed by atoms with E-state index in [1.807, 2.05) is 0 Å². The fourth-order valence-corrected chi connectivity index (χ4v) is 1.61. The van der Waals surface area contributed by atoms with Gasteiger partial charge in [0.2, 0.25) is 0 Å². The van der Waals surface area contributed by atoms with Crippen LogP contribution in [0.2, 0.25) is 0 Å². The van der Waals surface area contributed by atoms with Gasteiger partial charge in [0.15, 0.2) is 0 Å². The molecule has 2 N–H and O–H groups in total. The van der Waals surface area contributed by atoms with E-state index in [-0.39, 0.29) is 22.4 Å². The average Bonchev–Trinajstić information content (AvgIpc) is 2.24. The monoisotopic (exact) mass is 237 g/mol. The van der Waals surface area contributed by atoms with Crippen LogP contribution < -0.4 is 5.73 Å². The van der Waals surface area contributed by atoms with Crippen molar-refractivity contribution >= 4 is 5.69 Å². The highest BCUT2D eigenvalue weighted by atomic mass is 19.1. The second kappa shape index (κ2) is 4.13. The Hall–Kier alpha value is -1.97. The van der Waals surface area contributed by atoms with Gasteiger partial charge in [-0.2, -0.15) is 0 Å². The van der Waals surface area contributed by atoms with Crippen molar-refractivity contribution in [3.63, 3.8) is 0 Å². The Labute approximate surface area is 96.7 Å². The Balaban J connectivity index is 2.64. The first-order chi connectivity index (χ1) is 7.99. The fourth-order valence-electron chi connectivity index (χ4n) is 1.61. The smallest absolute Gasteiger partial charge is 0.134 e. The number of hydrogen-bond donors (Lipinski definition) is 1. The van der Waals surface area contributed by atoms with Gasteiger partial charge in [-0.1, -0.05) is 0 Å². The molecule has 0 unspecified atom stereocenters. The van der Waals surface area contributed by atoms with E-state index >= 15 is 0 Å². The number of halogens is 3. The number of nitrogens with two attached hydrogens (primary N) is 1. The van der Waals surface area contributed by atoms with Gasteiger partial charge in [-0.3, -0.25) is 0 Å². The van der Waals surface area contributed by atoms with Crippen LogP contribution in [-0.4, -0.2) is 0 Å². The van der Waals surface area contributed by atoms with Crippen molar-refractivity contribution < 1.29 is 13.2 Å². The van der Waals surface area contributed by atoms with E-state index in [1.54, 1.807) is 0 Å². The first-order valence-electron chi connectivity index (χ1n) is 5.00. The molecule has 0 amide bonds.